The average molecular weight is 566 g/mol. The van der Waals surface area contributed by atoms with Crippen LogP contribution in [0.5, 0.6) is 0 Å². The van der Waals surface area contributed by atoms with Crippen LogP contribution in [0.3, 0.4) is 0 Å². The van der Waals surface area contributed by atoms with Gasteiger partial charge < -0.3 is 15.4 Å². The Morgan fingerprint density at radius 1 is 1.05 bits per heavy atom. The van der Waals surface area contributed by atoms with Crippen molar-refractivity contribution < 1.29 is 27.9 Å². The van der Waals surface area contributed by atoms with Crippen molar-refractivity contribution in [1.82, 2.24) is 10.6 Å². The molecule has 2 amide bonds. The lowest BCUT2D eigenvalue weighted by molar-refractivity contribution is -0.141. The largest absolute Gasteiger partial charge is 0.381 e. The van der Waals surface area contributed by atoms with Crippen molar-refractivity contribution in [2.24, 2.45) is 5.92 Å². The van der Waals surface area contributed by atoms with E-state index in [4.69, 9.17) is 10.1 Å². The van der Waals surface area contributed by atoms with Gasteiger partial charge in [0.2, 0.25) is 0 Å². The fourth-order valence-corrected chi connectivity index (χ4v) is 4.52. The van der Waals surface area contributed by atoms with Gasteiger partial charge >= 0.3 is 5.92 Å². The van der Waals surface area contributed by atoms with Crippen molar-refractivity contribution in [2.45, 2.75) is 51.4 Å². The zero-order valence-electron chi connectivity index (χ0n) is 23.4. The summed E-state index contributed by atoms with van der Waals surface area (Å²) in [7, 11) is 0. The molecule has 7 nitrogen and oxygen atoms in total. The summed E-state index contributed by atoms with van der Waals surface area (Å²) in [5, 5.41) is 12.6. The molecule has 0 saturated heterocycles. The molecule has 1 aliphatic carbocycles. The van der Waals surface area contributed by atoms with Gasteiger partial charge in [0.25, 0.3) is 11.8 Å². The third-order valence-electron chi connectivity index (χ3n) is 6.69. The van der Waals surface area contributed by atoms with E-state index in [-0.39, 0.29) is 47.6 Å². The quantitative estimate of drug-likeness (QED) is 0.158. The van der Waals surface area contributed by atoms with E-state index in [0.29, 0.717) is 20.1 Å². The van der Waals surface area contributed by atoms with Crippen molar-refractivity contribution in [2.75, 3.05) is 19.8 Å². The predicted molar refractivity (Wildman–Crippen MR) is 154 cm³/mol. The number of allylic oxidation sites excluding steroid dienone is 4. The molecule has 3 rings (SSSR count). The number of nitrogens with one attached hydrogen (secondary N) is 3. The number of amidine groups is 1. The Balaban J connectivity index is 1.67. The Morgan fingerprint density at radius 2 is 1.73 bits per heavy atom. The second kappa shape index (κ2) is 15.1. The minimum absolute atomic E-state index is 0.0691. The van der Waals surface area contributed by atoms with Gasteiger partial charge in [-0.25, -0.2) is 0 Å². The van der Waals surface area contributed by atoms with E-state index in [1.165, 1.54) is 24.3 Å². The maximum atomic E-state index is 13.7. The van der Waals surface area contributed by atoms with Gasteiger partial charge in [-0.2, -0.15) is 8.78 Å². The zero-order valence-corrected chi connectivity index (χ0v) is 23.4. The molecule has 218 valence electrons. The van der Waals surface area contributed by atoms with Crippen LogP contribution in [-0.2, 0) is 14.3 Å². The summed E-state index contributed by atoms with van der Waals surface area (Å²) in [5.74, 6) is -6.62. The standard InChI is InChI=1S/C32H37F2N3O4/c1-3-18-41-21-22(19-27(38)28(23-10-6-4-7-11-23)24-12-8-5-9-13-24)20-36-30(39)26-16-14-25(15-17-26)29(35)37-31(40)32(2,33)34/h4-8,10-12,14-17,22,28H,3,9,13,18-21H2,1-2H3,(H,36,39)(H2,35,37,40)/t22-,28?/m0/s1. The van der Waals surface area contributed by atoms with Crippen LogP contribution in [-0.4, -0.2) is 49.1 Å². The topological polar surface area (TPSA) is 108 Å². The first-order chi connectivity index (χ1) is 19.6. The lowest BCUT2D eigenvalue weighted by Gasteiger charge is -2.24. The van der Waals surface area contributed by atoms with Crippen LogP contribution in [0.15, 0.2) is 78.4 Å². The van der Waals surface area contributed by atoms with Crippen LogP contribution in [0.25, 0.3) is 0 Å². The minimum Gasteiger partial charge on any atom is -0.381 e. The minimum atomic E-state index is -3.61. The van der Waals surface area contributed by atoms with Crippen LogP contribution in [0, 0.1) is 11.3 Å². The molecular weight excluding hydrogens is 528 g/mol. The van der Waals surface area contributed by atoms with E-state index in [9.17, 15) is 23.2 Å². The lowest BCUT2D eigenvalue weighted by atomic mass is 9.81. The third-order valence-corrected chi connectivity index (χ3v) is 6.69. The second-order valence-electron chi connectivity index (χ2n) is 10.2. The van der Waals surface area contributed by atoms with Crippen LogP contribution in [0.1, 0.15) is 66.9 Å². The molecule has 2 aromatic rings. The predicted octanol–water partition coefficient (Wildman–Crippen LogP) is 5.58. The Hall–Kier alpha value is -3.98. The van der Waals surface area contributed by atoms with Gasteiger partial charge in [-0.15, -0.1) is 0 Å². The number of benzene rings is 2. The van der Waals surface area contributed by atoms with E-state index in [0.717, 1.165) is 30.4 Å². The summed E-state index contributed by atoms with van der Waals surface area (Å²) in [6.07, 6.45) is 8.85. The Morgan fingerprint density at radius 3 is 2.34 bits per heavy atom. The number of carbonyl (C=O) groups is 3. The van der Waals surface area contributed by atoms with Crippen LogP contribution in [0.2, 0.25) is 0 Å². The number of ketones is 1. The van der Waals surface area contributed by atoms with Crippen LogP contribution < -0.4 is 10.6 Å². The average Bonchev–Trinajstić information content (AvgIpc) is 2.96. The van der Waals surface area contributed by atoms with E-state index in [1.54, 1.807) is 0 Å². The highest BCUT2D eigenvalue weighted by atomic mass is 19.3. The summed E-state index contributed by atoms with van der Waals surface area (Å²) in [4.78, 5) is 38.0. The second-order valence-corrected chi connectivity index (χ2v) is 10.2. The first-order valence-corrected chi connectivity index (χ1v) is 13.8. The molecule has 41 heavy (non-hydrogen) atoms. The molecule has 2 aromatic carbocycles. The molecule has 0 aliphatic heterocycles. The summed E-state index contributed by atoms with van der Waals surface area (Å²) in [6, 6.07) is 15.4. The fourth-order valence-electron chi connectivity index (χ4n) is 4.52. The number of halogens is 2. The molecule has 0 heterocycles. The van der Waals surface area contributed by atoms with Gasteiger partial charge in [-0.3, -0.25) is 19.8 Å². The SMILES string of the molecule is CCCOC[C@H](CNC(=O)c1ccc(C(=N)NC(=O)C(C)(F)F)cc1)CC(=O)C(C1=CC=CCC1)c1ccccc1. The molecule has 0 radical (unpaired) electrons. The van der Waals surface area contributed by atoms with Crippen molar-refractivity contribution in [3.63, 3.8) is 0 Å². The molecule has 1 unspecified atom stereocenters. The molecule has 9 heteroatoms. The monoisotopic (exact) mass is 565 g/mol. The highest BCUT2D eigenvalue weighted by Crippen LogP contribution is 2.32. The van der Waals surface area contributed by atoms with Gasteiger partial charge in [0.1, 0.15) is 11.6 Å². The summed E-state index contributed by atoms with van der Waals surface area (Å²) < 4.78 is 32.0. The smallest absolute Gasteiger partial charge is 0.322 e. The number of rotatable bonds is 14. The summed E-state index contributed by atoms with van der Waals surface area (Å²) in [5.41, 5.74) is 2.48. The van der Waals surface area contributed by atoms with Gasteiger partial charge in [0.15, 0.2) is 0 Å². The van der Waals surface area contributed by atoms with E-state index in [1.807, 2.05) is 54.7 Å². The number of Topliss-reactive ketones (excluding diaryl/α,β-unsaturated/α-hetero) is 1. The third kappa shape index (κ3) is 9.56. The number of amides is 2. The zero-order chi connectivity index (χ0) is 29.8. The number of hydrogen-bond donors (Lipinski definition) is 3. The highest BCUT2D eigenvalue weighted by molar-refractivity contribution is 6.08. The number of hydrogen-bond acceptors (Lipinski definition) is 5. The van der Waals surface area contributed by atoms with Gasteiger partial charge in [0.05, 0.1) is 12.5 Å². The van der Waals surface area contributed by atoms with Gasteiger partial charge in [-0.1, -0.05) is 73.2 Å². The molecule has 0 spiro atoms. The molecule has 2 atom stereocenters. The normalized spacial score (nSPS) is 14.5. The van der Waals surface area contributed by atoms with Crippen molar-refractivity contribution in [1.29, 1.82) is 5.41 Å². The van der Waals surface area contributed by atoms with E-state index < -0.39 is 17.7 Å². The van der Waals surface area contributed by atoms with Gasteiger partial charge in [-0.05, 0) is 37.0 Å². The van der Waals surface area contributed by atoms with Crippen molar-refractivity contribution in [3.05, 3.63) is 95.1 Å². The van der Waals surface area contributed by atoms with E-state index >= 15 is 0 Å². The molecular formula is C32H37F2N3O4. The number of alkyl halides is 2. The Kier molecular flexibility index (Phi) is 11.6. The first kappa shape index (κ1) is 31.5. The molecule has 3 N–H and O–H groups in total. The van der Waals surface area contributed by atoms with Gasteiger partial charge in [0, 0.05) is 43.5 Å². The highest BCUT2D eigenvalue weighted by Gasteiger charge is 2.33. The Labute approximate surface area is 239 Å². The van der Waals surface area contributed by atoms with Crippen LogP contribution in [0.4, 0.5) is 8.78 Å². The van der Waals surface area contributed by atoms with Crippen molar-refractivity contribution in [3.8, 4) is 0 Å². The van der Waals surface area contributed by atoms with E-state index in [2.05, 4.69) is 11.4 Å². The first-order valence-electron chi connectivity index (χ1n) is 13.8. The Bertz CT molecular complexity index is 1270. The lowest BCUT2D eigenvalue weighted by Crippen LogP contribution is -2.41. The maximum absolute atomic E-state index is 13.7. The number of carbonyl (C=O) groups excluding carboxylic acids is 3. The summed E-state index contributed by atoms with van der Waals surface area (Å²) >= 11 is 0. The fraction of sp³-hybridized carbons (Fsp3) is 0.375. The summed E-state index contributed by atoms with van der Waals surface area (Å²) in [6.45, 7) is 3.53. The number of ether oxygens (including phenoxy) is 1. The molecule has 0 saturated carbocycles. The maximum Gasteiger partial charge on any atom is 0.322 e. The molecule has 0 aromatic heterocycles. The molecule has 0 fully saturated rings. The molecule has 1 aliphatic rings. The van der Waals surface area contributed by atoms with Crippen LogP contribution >= 0.6 is 0 Å². The molecule has 0 bridgehead atoms. The van der Waals surface area contributed by atoms with Crippen molar-refractivity contribution >= 4 is 23.4 Å².